The fourth-order valence-electron chi connectivity index (χ4n) is 4.40. The van der Waals surface area contributed by atoms with E-state index in [-0.39, 0.29) is 29.1 Å². The molecular weight excluding hydrogens is 536 g/mol. The first-order valence-corrected chi connectivity index (χ1v) is 15.0. The molecule has 0 saturated carbocycles. The van der Waals surface area contributed by atoms with Crippen LogP contribution in [0.4, 0.5) is 5.13 Å². The van der Waals surface area contributed by atoms with Crippen molar-refractivity contribution in [2.24, 2.45) is 5.92 Å². The van der Waals surface area contributed by atoms with Crippen LogP contribution in [0.5, 0.6) is 0 Å². The maximum absolute atomic E-state index is 13.9. The summed E-state index contributed by atoms with van der Waals surface area (Å²) in [5.74, 6) is -0.335. The van der Waals surface area contributed by atoms with Crippen molar-refractivity contribution in [2.75, 3.05) is 18.0 Å². The largest absolute Gasteiger partial charge is 0.283 e. The fraction of sp³-hybridized carbons (Fsp3) is 0.320. The second-order valence-electron chi connectivity index (χ2n) is 8.90. The number of piperidine rings is 1. The normalized spacial score (nSPS) is 15.4. The minimum absolute atomic E-state index is 0.0376. The number of thiophene rings is 1. The number of fused-ring (bicyclic) bond motifs is 1. The maximum Gasteiger partial charge on any atom is 0.252 e. The van der Waals surface area contributed by atoms with Crippen LogP contribution in [0.1, 0.15) is 29.5 Å². The number of aryl methyl sites for hydroxylation is 2. The van der Waals surface area contributed by atoms with Gasteiger partial charge in [0.05, 0.1) is 21.1 Å². The number of hydrogen-bond donors (Lipinski definition) is 0. The molecule has 0 radical (unpaired) electrons. The summed E-state index contributed by atoms with van der Waals surface area (Å²) in [4.78, 5) is 24.7. The summed E-state index contributed by atoms with van der Waals surface area (Å²) in [6.45, 7) is 5.00. The van der Waals surface area contributed by atoms with Crippen molar-refractivity contribution in [3.8, 4) is 0 Å². The summed E-state index contributed by atoms with van der Waals surface area (Å²) in [7, 11) is -3.61. The number of thiazole rings is 1. The molecule has 11 heteroatoms. The molecule has 36 heavy (non-hydrogen) atoms. The molecular formula is C25H25ClN4O3S3. The Morgan fingerprint density at radius 1 is 1.11 bits per heavy atom. The number of carbonyl (C=O) groups is 1. The Morgan fingerprint density at radius 3 is 2.50 bits per heavy atom. The highest BCUT2D eigenvalue weighted by Crippen LogP contribution is 2.36. The number of anilines is 1. The van der Waals surface area contributed by atoms with Crippen LogP contribution in [0, 0.1) is 19.8 Å². The molecule has 0 spiro atoms. The number of benzene rings is 1. The van der Waals surface area contributed by atoms with Crippen molar-refractivity contribution in [3.63, 3.8) is 0 Å². The lowest BCUT2D eigenvalue weighted by molar-refractivity contribution is -0.123. The van der Waals surface area contributed by atoms with Gasteiger partial charge in [-0.2, -0.15) is 4.31 Å². The van der Waals surface area contributed by atoms with Crippen molar-refractivity contribution in [1.82, 2.24) is 14.3 Å². The van der Waals surface area contributed by atoms with E-state index in [0.29, 0.717) is 28.9 Å². The average molecular weight is 561 g/mol. The molecule has 1 amide bonds. The third-order valence-corrected chi connectivity index (χ3v) is 11.2. The molecule has 0 bridgehead atoms. The number of aromatic nitrogens is 2. The molecule has 188 valence electrons. The minimum Gasteiger partial charge on any atom is -0.283 e. The zero-order valence-electron chi connectivity index (χ0n) is 19.8. The van der Waals surface area contributed by atoms with Crippen LogP contribution >= 0.6 is 34.3 Å². The number of rotatable bonds is 6. The van der Waals surface area contributed by atoms with Gasteiger partial charge in [-0.25, -0.2) is 13.4 Å². The molecule has 1 saturated heterocycles. The van der Waals surface area contributed by atoms with Crippen molar-refractivity contribution in [1.29, 1.82) is 0 Å². The monoisotopic (exact) mass is 560 g/mol. The Bertz CT molecular complexity index is 1470. The van der Waals surface area contributed by atoms with Gasteiger partial charge >= 0.3 is 0 Å². The van der Waals surface area contributed by atoms with Gasteiger partial charge in [0.15, 0.2) is 5.13 Å². The number of hydrogen-bond acceptors (Lipinski definition) is 7. The molecule has 0 N–H and O–H groups in total. The third kappa shape index (κ3) is 4.92. The first kappa shape index (κ1) is 25.3. The standard InChI is InChI=1S/C25H25ClN4O3S3/c1-16-5-6-17(2)23-22(16)28-25(35-23)30(15-18-4-3-11-27-14-18)24(31)19-9-12-29(13-10-19)36(32,33)21-8-7-20(26)34-21/h3-8,11,14,19H,9-10,12-13,15H2,1-2H3. The Labute approximate surface area is 223 Å². The predicted molar refractivity (Wildman–Crippen MR) is 145 cm³/mol. The van der Waals surface area contributed by atoms with Gasteiger partial charge in [-0.3, -0.25) is 14.7 Å². The zero-order valence-corrected chi connectivity index (χ0v) is 23.1. The highest BCUT2D eigenvalue weighted by Gasteiger charge is 2.35. The summed E-state index contributed by atoms with van der Waals surface area (Å²) in [5.41, 5.74) is 4.02. The second kappa shape index (κ2) is 10.2. The third-order valence-electron chi connectivity index (χ3n) is 6.44. The fourth-order valence-corrected chi connectivity index (χ4v) is 8.63. The Hall–Kier alpha value is -2.37. The van der Waals surface area contributed by atoms with Gasteiger partial charge in [-0.05, 0) is 61.6 Å². The van der Waals surface area contributed by atoms with Crippen molar-refractivity contribution < 1.29 is 13.2 Å². The van der Waals surface area contributed by atoms with E-state index in [2.05, 4.69) is 11.1 Å². The van der Waals surface area contributed by atoms with Gasteiger partial charge in [-0.1, -0.05) is 41.1 Å². The lowest BCUT2D eigenvalue weighted by Gasteiger charge is -2.32. The molecule has 7 nitrogen and oxygen atoms in total. The first-order chi connectivity index (χ1) is 17.2. The first-order valence-electron chi connectivity index (χ1n) is 11.6. The summed E-state index contributed by atoms with van der Waals surface area (Å²) in [6, 6.07) is 11.0. The number of halogens is 1. The van der Waals surface area contributed by atoms with Crippen LogP contribution in [-0.2, 0) is 21.4 Å². The van der Waals surface area contributed by atoms with Gasteiger partial charge in [0, 0.05) is 31.4 Å². The van der Waals surface area contributed by atoms with Gasteiger partial charge < -0.3 is 0 Å². The molecule has 1 aromatic carbocycles. The maximum atomic E-state index is 13.9. The Balaban J connectivity index is 1.40. The molecule has 1 aliphatic heterocycles. The number of sulfonamides is 1. The van der Waals surface area contributed by atoms with Crippen molar-refractivity contribution in [2.45, 2.75) is 37.4 Å². The summed E-state index contributed by atoms with van der Waals surface area (Å²) in [5, 5.41) is 0.652. The van der Waals surface area contributed by atoms with Gasteiger partial charge in [0.25, 0.3) is 10.0 Å². The number of pyridine rings is 1. The van der Waals surface area contributed by atoms with E-state index in [4.69, 9.17) is 16.6 Å². The zero-order chi connectivity index (χ0) is 25.4. The van der Waals surface area contributed by atoms with Crippen molar-refractivity contribution >= 4 is 65.6 Å². The number of amides is 1. The molecule has 3 aromatic heterocycles. The minimum atomic E-state index is -3.61. The SMILES string of the molecule is Cc1ccc(C)c2sc(N(Cc3cccnc3)C(=O)C3CCN(S(=O)(=O)c4ccc(Cl)s4)CC3)nc12. The van der Waals surface area contributed by atoms with E-state index in [9.17, 15) is 13.2 Å². The topological polar surface area (TPSA) is 83.5 Å². The van der Waals surface area contributed by atoms with Crippen molar-refractivity contribution in [3.05, 3.63) is 69.8 Å². The summed E-state index contributed by atoms with van der Waals surface area (Å²) >= 11 is 8.52. The molecule has 1 fully saturated rings. The predicted octanol–water partition coefficient (Wildman–Crippen LogP) is 5.66. The lowest BCUT2D eigenvalue weighted by atomic mass is 9.96. The molecule has 4 heterocycles. The molecule has 5 rings (SSSR count). The van der Waals surface area contributed by atoms with Crippen LogP contribution in [-0.4, -0.2) is 41.7 Å². The Morgan fingerprint density at radius 2 is 1.86 bits per heavy atom. The average Bonchev–Trinajstić information content (AvgIpc) is 3.53. The second-order valence-corrected chi connectivity index (χ2v) is 13.8. The lowest BCUT2D eigenvalue weighted by Crippen LogP contribution is -2.44. The van der Waals surface area contributed by atoms with E-state index in [0.717, 1.165) is 38.2 Å². The Kier molecular flexibility index (Phi) is 7.15. The number of carbonyl (C=O) groups excluding carboxylic acids is 1. The van der Waals surface area contributed by atoms with Gasteiger partial charge in [-0.15, -0.1) is 11.3 Å². The molecule has 4 aromatic rings. The van der Waals surface area contributed by atoms with Gasteiger partial charge in [0.2, 0.25) is 5.91 Å². The smallest absolute Gasteiger partial charge is 0.252 e. The van der Waals surface area contributed by atoms with Crippen LogP contribution in [0.25, 0.3) is 10.2 Å². The summed E-state index contributed by atoms with van der Waals surface area (Å²) in [6.07, 6.45) is 4.36. The van der Waals surface area contributed by atoms with Gasteiger partial charge in [0.1, 0.15) is 4.21 Å². The highest BCUT2D eigenvalue weighted by atomic mass is 35.5. The quantitative estimate of drug-likeness (QED) is 0.304. The van der Waals surface area contributed by atoms with E-state index in [1.165, 1.54) is 21.7 Å². The summed E-state index contributed by atoms with van der Waals surface area (Å²) < 4.78 is 29.2. The molecule has 0 atom stereocenters. The van der Waals surface area contributed by atoms with Crippen LogP contribution in [0.2, 0.25) is 4.34 Å². The molecule has 1 aliphatic rings. The number of nitrogens with zero attached hydrogens (tertiary/aromatic N) is 4. The van der Waals surface area contributed by atoms with Crippen LogP contribution < -0.4 is 4.90 Å². The van der Waals surface area contributed by atoms with E-state index in [1.54, 1.807) is 23.4 Å². The van der Waals surface area contributed by atoms with E-state index >= 15 is 0 Å². The molecule has 0 unspecified atom stereocenters. The van der Waals surface area contributed by atoms with Crippen LogP contribution in [0.3, 0.4) is 0 Å². The molecule has 0 aliphatic carbocycles. The highest BCUT2D eigenvalue weighted by molar-refractivity contribution is 7.91. The van der Waals surface area contributed by atoms with Crippen LogP contribution in [0.15, 0.2) is 53.0 Å². The van der Waals surface area contributed by atoms with E-state index in [1.807, 2.05) is 32.0 Å². The van der Waals surface area contributed by atoms with E-state index < -0.39 is 10.0 Å².